The molecule has 0 saturated heterocycles. The molecule has 0 spiro atoms. The molecule has 2 unspecified atom stereocenters. The zero-order valence-electron chi connectivity index (χ0n) is 9.28. The third-order valence-electron chi connectivity index (χ3n) is 4.28. The minimum Gasteiger partial charge on any atom is -0.497 e. The zero-order valence-corrected chi connectivity index (χ0v) is 9.28. The van der Waals surface area contributed by atoms with Crippen molar-refractivity contribution in [2.45, 2.75) is 31.6 Å². The summed E-state index contributed by atoms with van der Waals surface area (Å²) in [5.74, 6) is 3.82. The first-order valence-corrected chi connectivity index (χ1v) is 6.01. The molecule has 0 amide bonds. The van der Waals surface area contributed by atoms with Crippen LogP contribution >= 0.6 is 0 Å². The summed E-state index contributed by atoms with van der Waals surface area (Å²) in [6.45, 7) is 0. The molecule has 2 fully saturated rings. The summed E-state index contributed by atoms with van der Waals surface area (Å²) in [7, 11) is 1.73. The fraction of sp³-hybridized carbons (Fsp3) is 0.571. The Bertz CT molecular complexity index is 341. The summed E-state index contributed by atoms with van der Waals surface area (Å²) < 4.78 is 5.19. The molecule has 1 aromatic rings. The van der Waals surface area contributed by atoms with Crippen molar-refractivity contribution in [2.24, 2.45) is 11.8 Å². The highest BCUT2D eigenvalue weighted by Crippen LogP contribution is 2.52. The van der Waals surface area contributed by atoms with Crippen LogP contribution in [0.15, 0.2) is 24.3 Å². The summed E-state index contributed by atoms with van der Waals surface area (Å²) in [6, 6.07) is 8.71. The second-order valence-electron chi connectivity index (χ2n) is 5.05. The van der Waals surface area contributed by atoms with Gasteiger partial charge in [0.05, 0.1) is 7.11 Å². The Hall–Kier alpha value is -0.980. The molecule has 80 valence electrons. The number of ether oxygens (including phenoxy) is 1. The van der Waals surface area contributed by atoms with Gasteiger partial charge in [-0.25, -0.2) is 0 Å². The standard InChI is InChI=1S/C14H18O/c1-15-13-6-4-11(5-7-13)14-9-10-2-3-12(14)8-10/h4-7,10,12,14H,2-3,8-9H2,1H3/t10?,12?,14-/m1/s1. The average Bonchev–Trinajstić information content (AvgIpc) is 2.91. The molecule has 2 aliphatic carbocycles. The highest BCUT2D eigenvalue weighted by molar-refractivity contribution is 5.30. The smallest absolute Gasteiger partial charge is 0.118 e. The molecule has 0 N–H and O–H groups in total. The normalized spacial score (nSPS) is 33.3. The summed E-state index contributed by atoms with van der Waals surface area (Å²) in [6.07, 6.45) is 5.85. The van der Waals surface area contributed by atoms with Gasteiger partial charge in [0.15, 0.2) is 0 Å². The number of hydrogen-bond donors (Lipinski definition) is 0. The van der Waals surface area contributed by atoms with Gasteiger partial charge in [0.25, 0.3) is 0 Å². The van der Waals surface area contributed by atoms with Crippen LogP contribution in [0, 0.1) is 11.8 Å². The lowest BCUT2D eigenvalue weighted by Crippen LogP contribution is -2.08. The van der Waals surface area contributed by atoms with Crippen LogP contribution in [-0.2, 0) is 0 Å². The maximum atomic E-state index is 5.19. The molecule has 1 heteroatoms. The number of fused-ring (bicyclic) bond motifs is 2. The number of methoxy groups -OCH3 is 1. The maximum absolute atomic E-state index is 5.19. The molecule has 1 aromatic carbocycles. The van der Waals surface area contributed by atoms with E-state index >= 15 is 0 Å². The van der Waals surface area contributed by atoms with Gasteiger partial charge in [0.2, 0.25) is 0 Å². The Kier molecular flexibility index (Phi) is 2.19. The number of benzene rings is 1. The fourth-order valence-corrected chi connectivity index (χ4v) is 3.50. The van der Waals surface area contributed by atoms with Crippen molar-refractivity contribution in [3.63, 3.8) is 0 Å². The maximum Gasteiger partial charge on any atom is 0.118 e. The van der Waals surface area contributed by atoms with E-state index in [1.807, 2.05) is 0 Å². The minimum atomic E-state index is 0.842. The van der Waals surface area contributed by atoms with E-state index in [1.165, 1.54) is 31.2 Å². The highest BCUT2D eigenvalue weighted by atomic mass is 16.5. The first-order valence-electron chi connectivity index (χ1n) is 6.01. The van der Waals surface area contributed by atoms with Gasteiger partial charge in [-0.05, 0) is 54.7 Å². The molecule has 2 aliphatic rings. The predicted octanol–water partition coefficient (Wildman–Crippen LogP) is 3.60. The van der Waals surface area contributed by atoms with E-state index in [-0.39, 0.29) is 0 Å². The third-order valence-corrected chi connectivity index (χ3v) is 4.28. The van der Waals surface area contributed by atoms with Crippen LogP contribution < -0.4 is 4.74 Å². The van der Waals surface area contributed by atoms with Crippen LogP contribution in [0.4, 0.5) is 0 Å². The van der Waals surface area contributed by atoms with Gasteiger partial charge in [-0.1, -0.05) is 18.6 Å². The van der Waals surface area contributed by atoms with Crippen LogP contribution in [0.5, 0.6) is 5.75 Å². The van der Waals surface area contributed by atoms with Crippen molar-refractivity contribution >= 4 is 0 Å². The third kappa shape index (κ3) is 1.54. The topological polar surface area (TPSA) is 9.23 Å². The van der Waals surface area contributed by atoms with Gasteiger partial charge in [-0.2, -0.15) is 0 Å². The first kappa shape index (κ1) is 9.26. The lowest BCUT2D eigenvalue weighted by Gasteiger charge is -2.22. The number of rotatable bonds is 2. The highest BCUT2D eigenvalue weighted by Gasteiger charge is 2.39. The molecule has 2 saturated carbocycles. The molecule has 0 radical (unpaired) electrons. The lowest BCUT2D eigenvalue weighted by atomic mass is 9.83. The van der Waals surface area contributed by atoms with E-state index in [9.17, 15) is 0 Å². The van der Waals surface area contributed by atoms with E-state index < -0.39 is 0 Å². The van der Waals surface area contributed by atoms with Crippen molar-refractivity contribution in [3.8, 4) is 5.75 Å². The second kappa shape index (κ2) is 3.55. The molecule has 0 heterocycles. The summed E-state index contributed by atoms with van der Waals surface area (Å²) in [5, 5.41) is 0. The van der Waals surface area contributed by atoms with Crippen LogP contribution in [-0.4, -0.2) is 7.11 Å². The average molecular weight is 202 g/mol. The SMILES string of the molecule is COc1ccc([C@H]2CC3CCC2C3)cc1. The Morgan fingerprint density at radius 2 is 1.87 bits per heavy atom. The Labute approximate surface area is 91.5 Å². The van der Waals surface area contributed by atoms with Crippen LogP contribution in [0.25, 0.3) is 0 Å². The van der Waals surface area contributed by atoms with Gasteiger partial charge in [0, 0.05) is 0 Å². The molecule has 3 rings (SSSR count). The predicted molar refractivity (Wildman–Crippen MR) is 61.2 cm³/mol. The Balaban J connectivity index is 1.81. The van der Waals surface area contributed by atoms with Gasteiger partial charge in [-0.3, -0.25) is 0 Å². The van der Waals surface area contributed by atoms with Crippen molar-refractivity contribution in [3.05, 3.63) is 29.8 Å². The molecule has 0 aromatic heterocycles. The van der Waals surface area contributed by atoms with E-state index in [1.54, 1.807) is 7.11 Å². The molecule has 1 nitrogen and oxygen atoms in total. The summed E-state index contributed by atoms with van der Waals surface area (Å²) in [5.41, 5.74) is 1.53. The monoisotopic (exact) mass is 202 g/mol. The van der Waals surface area contributed by atoms with E-state index in [4.69, 9.17) is 4.74 Å². The molecule has 15 heavy (non-hydrogen) atoms. The fourth-order valence-electron chi connectivity index (χ4n) is 3.50. The molecule has 3 atom stereocenters. The Morgan fingerprint density at radius 3 is 2.40 bits per heavy atom. The largest absolute Gasteiger partial charge is 0.497 e. The van der Waals surface area contributed by atoms with E-state index in [0.29, 0.717) is 0 Å². The number of hydrogen-bond acceptors (Lipinski definition) is 1. The summed E-state index contributed by atoms with van der Waals surface area (Å²) >= 11 is 0. The van der Waals surface area contributed by atoms with E-state index in [0.717, 1.165) is 23.5 Å². The van der Waals surface area contributed by atoms with Gasteiger partial charge in [-0.15, -0.1) is 0 Å². The molecule has 0 aliphatic heterocycles. The van der Waals surface area contributed by atoms with E-state index in [2.05, 4.69) is 24.3 Å². The van der Waals surface area contributed by atoms with Crippen LogP contribution in [0.1, 0.15) is 37.2 Å². The van der Waals surface area contributed by atoms with Gasteiger partial charge < -0.3 is 4.74 Å². The quantitative estimate of drug-likeness (QED) is 0.712. The van der Waals surface area contributed by atoms with Crippen molar-refractivity contribution in [1.29, 1.82) is 0 Å². The van der Waals surface area contributed by atoms with Crippen molar-refractivity contribution < 1.29 is 4.74 Å². The van der Waals surface area contributed by atoms with Gasteiger partial charge in [0.1, 0.15) is 5.75 Å². The van der Waals surface area contributed by atoms with Crippen molar-refractivity contribution in [2.75, 3.05) is 7.11 Å². The van der Waals surface area contributed by atoms with Crippen LogP contribution in [0.3, 0.4) is 0 Å². The van der Waals surface area contributed by atoms with Gasteiger partial charge >= 0.3 is 0 Å². The lowest BCUT2D eigenvalue weighted by molar-refractivity contribution is 0.409. The molecule has 2 bridgehead atoms. The molecular formula is C14H18O. The second-order valence-corrected chi connectivity index (χ2v) is 5.05. The Morgan fingerprint density at radius 1 is 1.07 bits per heavy atom. The first-order chi connectivity index (χ1) is 7.36. The molecular weight excluding hydrogens is 184 g/mol. The zero-order chi connectivity index (χ0) is 10.3. The summed E-state index contributed by atoms with van der Waals surface area (Å²) in [4.78, 5) is 0. The van der Waals surface area contributed by atoms with Crippen molar-refractivity contribution in [1.82, 2.24) is 0 Å². The van der Waals surface area contributed by atoms with Crippen LogP contribution in [0.2, 0.25) is 0 Å². The minimum absolute atomic E-state index is 0.842.